The van der Waals surface area contributed by atoms with E-state index < -0.39 is 0 Å². The van der Waals surface area contributed by atoms with Crippen LogP contribution in [0.3, 0.4) is 0 Å². The van der Waals surface area contributed by atoms with Crippen molar-refractivity contribution in [1.82, 2.24) is 25.7 Å². The number of aromatic nitrogens is 3. The van der Waals surface area contributed by atoms with Gasteiger partial charge in [-0.3, -0.25) is 20.2 Å². The van der Waals surface area contributed by atoms with Crippen molar-refractivity contribution in [2.45, 2.75) is 18.8 Å². The molecule has 3 heterocycles. The summed E-state index contributed by atoms with van der Waals surface area (Å²) in [5.41, 5.74) is 4.87. The minimum Gasteiger partial charge on any atom is -0.317 e. The Morgan fingerprint density at radius 3 is 2.81 bits per heavy atom. The molecule has 1 aliphatic rings. The number of thiazole rings is 1. The maximum Gasteiger partial charge on any atom is 0.289 e. The number of benzene rings is 1. The summed E-state index contributed by atoms with van der Waals surface area (Å²) in [6, 6.07) is 7.64. The molecule has 7 nitrogen and oxygen atoms in total. The van der Waals surface area contributed by atoms with Crippen LogP contribution in [0, 0.1) is 0 Å². The van der Waals surface area contributed by atoms with Gasteiger partial charge >= 0.3 is 0 Å². The molecule has 1 fully saturated rings. The number of hydrogen-bond acceptors (Lipinski definition) is 7. The summed E-state index contributed by atoms with van der Waals surface area (Å²) in [6.07, 6.45) is 3.78. The SMILES string of the molecule is CN(NC(=O)c1csc(C2CCNCC2)n1)c1cnc2ccccc2n1. The Labute approximate surface area is 155 Å². The molecule has 0 bridgehead atoms. The van der Waals surface area contributed by atoms with Crippen LogP contribution in [-0.4, -0.2) is 41.0 Å². The number of carbonyl (C=O) groups excluding carboxylic acids is 1. The molecule has 0 spiro atoms. The van der Waals surface area contributed by atoms with Crippen LogP contribution in [-0.2, 0) is 0 Å². The van der Waals surface area contributed by atoms with Gasteiger partial charge in [0.15, 0.2) is 5.82 Å². The van der Waals surface area contributed by atoms with Gasteiger partial charge in [0.05, 0.1) is 22.2 Å². The lowest BCUT2D eigenvalue weighted by molar-refractivity contribution is 0.0946. The van der Waals surface area contributed by atoms with E-state index in [1.54, 1.807) is 29.6 Å². The van der Waals surface area contributed by atoms with Crippen molar-refractivity contribution in [3.8, 4) is 0 Å². The summed E-state index contributed by atoms with van der Waals surface area (Å²) in [6.45, 7) is 2.02. The number of nitrogens with one attached hydrogen (secondary N) is 2. The van der Waals surface area contributed by atoms with Crippen LogP contribution in [0.2, 0.25) is 0 Å². The number of carbonyl (C=O) groups is 1. The average molecular weight is 368 g/mol. The van der Waals surface area contributed by atoms with Crippen molar-refractivity contribution in [3.05, 3.63) is 46.5 Å². The quantitative estimate of drug-likeness (QED) is 0.688. The molecule has 2 N–H and O–H groups in total. The monoisotopic (exact) mass is 368 g/mol. The van der Waals surface area contributed by atoms with E-state index in [2.05, 4.69) is 25.7 Å². The molecule has 1 saturated heterocycles. The fourth-order valence-electron chi connectivity index (χ4n) is 3.02. The molecule has 1 amide bonds. The average Bonchev–Trinajstić information content (AvgIpc) is 3.18. The third-order valence-corrected chi connectivity index (χ3v) is 5.50. The number of amides is 1. The molecule has 0 radical (unpaired) electrons. The molecular formula is C18H20N6OS. The highest BCUT2D eigenvalue weighted by Crippen LogP contribution is 2.27. The minimum absolute atomic E-state index is 0.237. The lowest BCUT2D eigenvalue weighted by Gasteiger charge is -2.20. The van der Waals surface area contributed by atoms with Gasteiger partial charge in [-0.15, -0.1) is 11.3 Å². The zero-order valence-electron chi connectivity index (χ0n) is 14.5. The van der Waals surface area contributed by atoms with E-state index in [0.717, 1.165) is 42.0 Å². The second kappa shape index (κ2) is 7.35. The highest BCUT2D eigenvalue weighted by molar-refractivity contribution is 7.09. The van der Waals surface area contributed by atoms with Gasteiger partial charge in [-0.2, -0.15) is 0 Å². The standard InChI is InChI=1S/C18H20N6OS/c1-24(16-10-20-13-4-2-3-5-14(13)21-16)23-17(25)15-11-26-18(22-15)12-6-8-19-9-7-12/h2-5,10-12,19H,6-9H2,1H3,(H,23,25). The highest BCUT2D eigenvalue weighted by Gasteiger charge is 2.21. The Balaban J connectivity index is 1.45. The summed E-state index contributed by atoms with van der Waals surface area (Å²) >= 11 is 1.56. The van der Waals surface area contributed by atoms with Crippen LogP contribution in [0.15, 0.2) is 35.8 Å². The number of hydrogen-bond donors (Lipinski definition) is 2. The molecule has 0 saturated carbocycles. The van der Waals surface area contributed by atoms with Crippen LogP contribution < -0.4 is 15.8 Å². The van der Waals surface area contributed by atoms with E-state index in [1.165, 1.54) is 0 Å². The lowest BCUT2D eigenvalue weighted by atomic mass is 9.99. The van der Waals surface area contributed by atoms with E-state index in [-0.39, 0.29) is 5.91 Å². The van der Waals surface area contributed by atoms with E-state index >= 15 is 0 Å². The molecule has 0 atom stereocenters. The van der Waals surface area contributed by atoms with Gasteiger partial charge in [0.2, 0.25) is 0 Å². The van der Waals surface area contributed by atoms with E-state index in [0.29, 0.717) is 17.4 Å². The number of piperidine rings is 1. The fourth-order valence-corrected chi connectivity index (χ4v) is 4.00. The third-order valence-electron chi connectivity index (χ3n) is 4.49. The number of rotatable bonds is 4. The lowest BCUT2D eigenvalue weighted by Crippen LogP contribution is -2.40. The first kappa shape index (κ1) is 16.9. The predicted octanol–water partition coefficient (Wildman–Crippen LogP) is 2.33. The number of fused-ring (bicyclic) bond motifs is 1. The highest BCUT2D eigenvalue weighted by atomic mass is 32.1. The van der Waals surface area contributed by atoms with Gasteiger partial charge in [-0.05, 0) is 38.1 Å². The molecule has 0 aliphatic carbocycles. The number of anilines is 1. The predicted molar refractivity (Wildman–Crippen MR) is 102 cm³/mol. The van der Waals surface area contributed by atoms with Gasteiger partial charge in [-0.1, -0.05) is 12.1 Å². The summed E-state index contributed by atoms with van der Waals surface area (Å²) in [4.78, 5) is 26.0. The largest absolute Gasteiger partial charge is 0.317 e. The molecule has 3 aromatic rings. The molecule has 134 valence electrons. The second-order valence-corrected chi connectivity index (χ2v) is 7.20. The van der Waals surface area contributed by atoms with Crippen LogP contribution >= 0.6 is 11.3 Å². The molecule has 1 aromatic carbocycles. The van der Waals surface area contributed by atoms with E-state index in [4.69, 9.17) is 0 Å². The summed E-state index contributed by atoms with van der Waals surface area (Å²) in [5, 5.41) is 7.80. The maximum atomic E-state index is 12.5. The van der Waals surface area contributed by atoms with Crippen LogP contribution in [0.25, 0.3) is 11.0 Å². The van der Waals surface area contributed by atoms with E-state index in [9.17, 15) is 4.79 Å². The number of para-hydroxylation sites is 2. The summed E-state index contributed by atoms with van der Waals surface area (Å²) in [7, 11) is 1.75. The molecule has 4 rings (SSSR count). The van der Waals surface area contributed by atoms with Gasteiger partial charge in [0, 0.05) is 18.3 Å². The van der Waals surface area contributed by atoms with Crippen molar-refractivity contribution < 1.29 is 4.79 Å². The molecule has 2 aromatic heterocycles. The Morgan fingerprint density at radius 1 is 1.23 bits per heavy atom. The zero-order valence-corrected chi connectivity index (χ0v) is 15.3. The number of hydrazine groups is 1. The van der Waals surface area contributed by atoms with Crippen molar-refractivity contribution >= 4 is 34.1 Å². The zero-order chi connectivity index (χ0) is 17.9. The van der Waals surface area contributed by atoms with Crippen LogP contribution in [0.5, 0.6) is 0 Å². The van der Waals surface area contributed by atoms with Crippen molar-refractivity contribution in [2.75, 3.05) is 25.1 Å². The number of nitrogens with zero attached hydrogens (tertiary/aromatic N) is 4. The second-order valence-electron chi connectivity index (χ2n) is 6.31. The summed E-state index contributed by atoms with van der Waals surface area (Å²) < 4.78 is 0. The van der Waals surface area contributed by atoms with Crippen LogP contribution in [0.1, 0.15) is 34.3 Å². The summed E-state index contributed by atoms with van der Waals surface area (Å²) in [5.74, 6) is 0.789. The van der Waals surface area contributed by atoms with E-state index in [1.807, 2.05) is 29.6 Å². The molecule has 26 heavy (non-hydrogen) atoms. The minimum atomic E-state index is -0.237. The normalized spacial score (nSPS) is 15.1. The molecule has 0 unspecified atom stereocenters. The molecule has 8 heteroatoms. The molecular weight excluding hydrogens is 348 g/mol. The van der Waals surface area contributed by atoms with Gasteiger partial charge in [0.1, 0.15) is 5.69 Å². The topological polar surface area (TPSA) is 83.0 Å². The first-order valence-corrected chi connectivity index (χ1v) is 9.51. The maximum absolute atomic E-state index is 12.5. The third kappa shape index (κ3) is 3.51. The Hall–Kier alpha value is -2.58. The first-order valence-electron chi connectivity index (χ1n) is 8.63. The Morgan fingerprint density at radius 2 is 2.00 bits per heavy atom. The van der Waals surface area contributed by atoms with Crippen LogP contribution in [0.4, 0.5) is 5.82 Å². The molecule has 1 aliphatic heterocycles. The van der Waals surface area contributed by atoms with Gasteiger partial charge < -0.3 is 5.32 Å². The van der Waals surface area contributed by atoms with Crippen molar-refractivity contribution in [2.24, 2.45) is 0 Å². The first-order chi connectivity index (χ1) is 12.7. The fraction of sp³-hybridized carbons (Fsp3) is 0.333. The Kier molecular flexibility index (Phi) is 4.77. The van der Waals surface area contributed by atoms with Gasteiger partial charge in [0.25, 0.3) is 5.91 Å². The van der Waals surface area contributed by atoms with Crippen molar-refractivity contribution in [3.63, 3.8) is 0 Å². The van der Waals surface area contributed by atoms with Gasteiger partial charge in [-0.25, -0.2) is 9.97 Å². The smallest absolute Gasteiger partial charge is 0.289 e. The van der Waals surface area contributed by atoms with Crippen molar-refractivity contribution in [1.29, 1.82) is 0 Å². The Bertz CT molecular complexity index is 921.